The highest BCUT2D eigenvalue weighted by Gasteiger charge is 2.21. The molecule has 0 aromatic heterocycles. The van der Waals surface area contributed by atoms with Crippen LogP contribution in [0.25, 0.3) is 0 Å². The summed E-state index contributed by atoms with van der Waals surface area (Å²) in [5, 5.41) is 9.21. The molecule has 0 atom stereocenters. The molecule has 0 saturated carbocycles. The number of hydrogen-bond acceptors (Lipinski definition) is 4. The highest BCUT2D eigenvalue weighted by molar-refractivity contribution is 7.91. The van der Waals surface area contributed by atoms with Crippen molar-refractivity contribution in [2.75, 3.05) is 6.61 Å². The van der Waals surface area contributed by atoms with Crippen molar-refractivity contribution in [2.45, 2.75) is 16.7 Å². The highest BCUT2D eigenvalue weighted by atomic mass is 32.2. The number of ether oxygens (including phenoxy) is 1. The fourth-order valence-corrected chi connectivity index (χ4v) is 3.10. The topological polar surface area (TPSA) is 63.6 Å². The molecule has 0 radical (unpaired) electrons. The second-order valence-corrected chi connectivity index (χ2v) is 5.80. The van der Waals surface area contributed by atoms with Crippen LogP contribution < -0.4 is 4.74 Å². The third kappa shape index (κ3) is 2.71. The molecule has 0 aliphatic heterocycles. The molecule has 0 aliphatic carbocycles. The predicted molar refractivity (Wildman–Crippen MR) is 71.2 cm³/mol. The Balaban J connectivity index is 2.53. The Morgan fingerprint density at radius 3 is 2.32 bits per heavy atom. The number of benzene rings is 2. The van der Waals surface area contributed by atoms with Crippen molar-refractivity contribution >= 4 is 9.84 Å². The van der Waals surface area contributed by atoms with Gasteiger partial charge in [-0.2, -0.15) is 0 Å². The van der Waals surface area contributed by atoms with Crippen molar-refractivity contribution in [1.82, 2.24) is 0 Å². The van der Waals surface area contributed by atoms with E-state index < -0.39 is 9.84 Å². The summed E-state index contributed by atoms with van der Waals surface area (Å²) in [6.45, 7) is 2.19. The Morgan fingerprint density at radius 1 is 1.05 bits per heavy atom. The molecule has 0 unspecified atom stereocenters. The van der Waals surface area contributed by atoms with Gasteiger partial charge in [0, 0.05) is 0 Å². The number of phenols is 1. The monoisotopic (exact) mass is 278 g/mol. The minimum absolute atomic E-state index is 0.0250. The van der Waals surface area contributed by atoms with Crippen molar-refractivity contribution in [3.63, 3.8) is 0 Å². The van der Waals surface area contributed by atoms with Crippen LogP contribution in [0.2, 0.25) is 0 Å². The Kier molecular flexibility index (Phi) is 3.76. The molecule has 2 rings (SSSR count). The molecule has 0 fully saturated rings. The third-order valence-corrected chi connectivity index (χ3v) is 4.39. The second-order valence-electron chi connectivity index (χ2n) is 3.88. The van der Waals surface area contributed by atoms with E-state index in [0.29, 0.717) is 12.4 Å². The molecule has 5 heteroatoms. The van der Waals surface area contributed by atoms with Gasteiger partial charge in [0.15, 0.2) is 0 Å². The number of sulfone groups is 1. The number of phenolic OH excluding ortho intramolecular Hbond substituents is 1. The van der Waals surface area contributed by atoms with E-state index in [9.17, 15) is 13.5 Å². The molecule has 0 aliphatic rings. The van der Waals surface area contributed by atoms with Crippen LogP contribution in [0.15, 0.2) is 58.3 Å². The van der Waals surface area contributed by atoms with Gasteiger partial charge < -0.3 is 9.84 Å². The van der Waals surface area contributed by atoms with Gasteiger partial charge in [-0.15, -0.1) is 0 Å². The van der Waals surface area contributed by atoms with Crippen LogP contribution in [0.3, 0.4) is 0 Å². The van der Waals surface area contributed by atoms with Gasteiger partial charge in [0.2, 0.25) is 9.84 Å². The molecule has 1 N–H and O–H groups in total. The Morgan fingerprint density at radius 2 is 1.68 bits per heavy atom. The van der Waals surface area contributed by atoms with Gasteiger partial charge in [-0.25, -0.2) is 8.42 Å². The van der Waals surface area contributed by atoms with E-state index in [0.717, 1.165) is 0 Å². The minimum atomic E-state index is -3.64. The lowest BCUT2D eigenvalue weighted by Gasteiger charge is -2.10. The summed E-state index contributed by atoms with van der Waals surface area (Å²) in [5.74, 6) is 0.357. The fourth-order valence-electron chi connectivity index (χ4n) is 1.70. The Bertz CT molecular complexity index is 660. The van der Waals surface area contributed by atoms with Gasteiger partial charge in [0.25, 0.3) is 0 Å². The van der Waals surface area contributed by atoms with Gasteiger partial charge in [0.1, 0.15) is 16.4 Å². The largest absolute Gasteiger partial charge is 0.508 e. The van der Waals surface area contributed by atoms with Gasteiger partial charge in [0.05, 0.1) is 11.5 Å². The molecular weight excluding hydrogens is 264 g/mol. The Labute approximate surface area is 112 Å². The number of hydrogen-bond donors (Lipinski definition) is 1. The summed E-state index contributed by atoms with van der Waals surface area (Å²) in [7, 11) is -3.64. The lowest BCUT2D eigenvalue weighted by Crippen LogP contribution is -2.05. The maximum absolute atomic E-state index is 12.5. The van der Waals surface area contributed by atoms with Gasteiger partial charge in [-0.3, -0.25) is 0 Å². The summed E-state index contributed by atoms with van der Waals surface area (Å²) >= 11 is 0. The SMILES string of the molecule is CCOc1ccccc1S(=O)(=O)c1ccc(O)cc1. The summed E-state index contributed by atoms with van der Waals surface area (Å²) in [5.41, 5.74) is 0. The van der Waals surface area contributed by atoms with Crippen LogP contribution >= 0.6 is 0 Å². The molecule has 2 aromatic carbocycles. The van der Waals surface area contributed by atoms with E-state index in [2.05, 4.69) is 0 Å². The fraction of sp³-hybridized carbons (Fsp3) is 0.143. The normalized spacial score (nSPS) is 11.2. The smallest absolute Gasteiger partial charge is 0.210 e. The van der Waals surface area contributed by atoms with Crippen LogP contribution in [-0.4, -0.2) is 20.1 Å². The van der Waals surface area contributed by atoms with Crippen molar-refractivity contribution in [3.05, 3.63) is 48.5 Å². The van der Waals surface area contributed by atoms with Crippen LogP contribution in [-0.2, 0) is 9.84 Å². The van der Waals surface area contributed by atoms with Crippen molar-refractivity contribution in [1.29, 1.82) is 0 Å². The molecular formula is C14H14O4S. The molecule has 2 aromatic rings. The minimum Gasteiger partial charge on any atom is -0.508 e. The number of aromatic hydroxyl groups is 1. The first kappa shape index (κ1) is 13.4. The van der Waals surface area contributed by atoms with E-state index in [4.69, 9.17) is 4.74 Å². The highest BCUT2D eigenvalue weighted by Crippen LogP contribution is 2.29. The Hall–Kier alpha value is -2.01. The number of para-hydroxylation sites is 1. The first-order valence-electron chi connectivity index (χ1n) is 5.81. The van der Waals surface area contributed by atoms with Gasteiger partial charge >= 0.3 is 0 Å². The quantitative estimate of drug-likeness (QED) is 0.933. The third-order valence-electron chi connectivity index (χ3n) is 2.59. The van der Waals surface area contributed by atoms with Gasteiger partial charge in [-0.05, 0) is 43.3 Å². The van der Waals surface area contributed by atoms with Crippen LogP contribution in [0.1, 0.15) is 6.92 Å². The predicted octanol–water partition coefficient (Wildman–Crippen LogP) is 2.62. The standard InChI is InChI=1S/C14H14O4S/c1-2-18-13-5-3-4-6-14(13)19(16,17)12-9-7-11(15)8-10-12/h3-10,15H,2H2,1H3. The second kappa shape index (κ2) is 5.32. The maximum Gasteiger partial charge on any atom is 0.210 e. The van der Waals surface area contributed by atoms with E-state index in [1.807, 2.05) is 0 Å². The molecule has 0 amide bonds. The molecule has 0 saturated heterocycles. The molecule has 4 nitrogen and oxygen atoms in total. The molecule has 100 valence electrons. The zero-order valence-electron chi connectivity index (χ0n) is 10.4. The molecule has 19 heavy (non-hydrogen) atoms. The average molecular weight is 278 g/mol. The summed E-state index contributed by atoms with van der Waals surface area (Å²) in [4.78, 5) is 0.250. The van der Waals surface area contributed by atoms with Crippen LogP contribution in [0, 0.1) is 0 Å². The van der Waals surface area contributed by atoms with E-state index >= 15 is 0 Å². The summed E-state index contributed by atoms with van der Waals surface area (Å²) in [6, 6.07) is 11.9. The number of rotatable bonds is 4. The maximum atomic E-state index is 12.5. The van der Waals surface area contributed by atoms with Gasteiger partial charge in [-0.1, -0.05) is 12.1 Å². The van der Waals surface area contributed by atoms with E-state index in [-0.39, 0.29) is 15.5 Å². The zero-order chi connectivity index (χ0) is 13.9. The van der Waals surface area contributed by atoms with E-state index in [1.165, 1.54) is 30.3 Å². The first-order chi connectivity index (χ1) is 9.05. The van der Waals surface area contributed by atoms with Crippen molar-refractivity contribution in [3.8, 4) is 11.5 Å². The summed E-state index contributed by atoms with van der Waals surface area (Å²) in [6.07, 6.45) is 0. The first-order valence-corrected chi connectivity index (χ1v) is 7.30. The lowest BCUT2D eigenvalue weighted by atomic mass is 10.3. The van der Waals surface area contributed by atoms with Crippen molar-refractivity contribution in [2.24, 2.45) is 0 Å². The van der Waals surface area contributed by atoms with Crippen molar-refractivity contribution < 1.29 is 18.3 Å². The van der Waals surface area contributed by atoms with Crippen LogP contribution in [0.5, 0.6) is 11.5 Å². The zero-order valence-corrected chi connectivity index (χ0v) is 11.2. The lowest BCUT2D eigenvalue weighted by molar-refractivity contribution is 0.331. The molecule has 0 spiro atoms. The summed E-state index contributed by atoms with van der Waals surface area (Å²) < 4.78 is 30.3. The van der Waals surface area contributed by atoms with E-state index in [1.54, 1.807) is 25.1 Å². The average Bonchev–Trinajstić information content (AvgIpc) is 2.40. The molecule has 0 heterocycles. The molecule has 0 bridgehead atoms. The van der Waals surface area contributed by atoms with Crippen LogP contribution in [0.4, 0.5) is 0 Å².